The zero-order valence-corrected chi connectivity index (χ0v) is 16.0. The third-order valence-electron chi connectivity index (χ3n) is 4.06. The highest BCUT2D eigenvalue weighted by molar-refractivity contribution is 7.87. The lowest BCUT2D eigenvalue weighted by atomic mass is 10.0. The van der Waals surface area contributed by atoms with E-state index in [1.807, 2.05) is 12.1 Å². The standard InChI is InChI=1S/C17H26N2O6S/c1-3-24-17(20)14-7-6-11-19(13-14)26(21,22)18-10-12-25-16-9-5-4-8-15(16)23-2/h4-5,8-9,14,18H,3,6-7,10-13H2,1-2H3/t14-/m1/s1. The van der Waals surface area contributed by atoms with Crippen molar-refractivity contribution in [1.82, 2.24) is 9.03 Å². The molecule has 1 fully saturated rings. The molecule has 0 radical (unpaired) electrons. The predicted molar refractivity (Wildman–Crippen MR) is 96.3 cm³/mol. The Kier molecular flexibility index (Phi) is 7.67. The highest BCUT2D eigenvalue weighted by Crippen LogP contribution is 2.25. The van der Waals surface area contributed by atoms with E-state index in [9.17, 15) is 13.2 Å². The molecule has 0 bridgehead atoms. The maximum absolute atomic E-state index is 12.4. The molecule has 1 N–H and O–H groups in total. The third kappa shape index (κ3) is 5.58. The number of hydrogen-bond donors (Lipinski definition) is 1. The lowest BCUT2D eigenvalue weighted by Gasteiger charge is -2.30. The Hall–Kier alpha value is -1.84. The Bertz CT molecular complexity index is 694. The average Bonchev–Trinajstić information content (AvgIpc) is 2.66. The SMILES string of the molecule is CCOC(=O)[C@@H]1CCCN(S(=O)(=O)NCCOc2ccccc2OC)C1. The number of benzene rings is 1. The molecule has 0 unspecified atom stereocenters. The highest BCUT2D eigenvalue weighted by Gasteiger charge is 2.32. The van der Waals surface area contributed by atoms with Gasteiger partial charge in [-0.2, -0.15) is 17.4 Å². The Morgan fingerprint density at radius 2 is 2.04 bits per heavy atom. The van der Waals surface area contributed by atoms with Gasteiger partial charge in [0.15, 0.2) is 11.5 Å². The molecule has 1 atom stereocenters. The van der Waals surface area contributed by atoms with Crippen LogP contribution in [0.2, 0.25) is 0 Å². The van der Waals surface area contributed by atoms with E-state index in [0.29, 0.717) is 37.5 Å². The number of nitrogens with one attached hydrogen (secondary N) is 1. The van der Waals surface area contributed by atoms with E-state index in [4.69, 9.17) is 14.2 Å². The first-order valence-corrected chi connectivity index (χ1v) is 10.1. The Morgan fingerprint density at radius 3 is 2.73 bits per heavy atom. The molecule has 0 saturated carbocycles. The normalized spacial score (nSPS) is 18.3. The van der Waals surface area contributed by atoms with Gasteiger partial charge in [-0.25, -0.2) is 0 Å². The number of rotatable bonds is 9. The summed E-state index contributed by atoms with van der Waals surface area (Å²) < 4.78 is 44.4. The highest BCUT2D eigenvalue weighted by atomic mass is 32.2. The number of hydrogen-bond acceptors (Lipinski definition) is 6. The molecule has 0 aliphatic carbocycles. The van der Waals surface area contributed by atoms with Gasteiger partial charge in [-0.15, -0.1) is 0 Å². The fraction of sp³-hybridized carbons (Fsp3) is 0.588. The second kappa shape index (κ2) is 9.75. The molecule has 1 heterocycles. The molecule has 1 saturated heterocycles. The van der Waals surface area contributed by atoms with E-state index in [2.05, 4.69) is 4.72 Å². The van der Waals surface area contributed by atoms with Crippen LogP contribution < -0.4 is 14.2 Å². The fourth-order valence-corrected chi connectivity index (χ4v) is 4.04. The molecule has 0 amide bonds. The number of piperidine rings is 1. The van der Waals surface area contributed by atoms with E-state index in [1.165, 1.54) is 4.31 Å². The Labute approximate surface area is 154 Å². The van der Waals surface area contributed by atoms with Crippen LogP contribution >= 0.6 is 0 Å². The molecule has 26 heavy (non-hydrogen) atoms. The Morgan fingerprint density at radius 1 is 1.31 bits per heavy atom. The van der Waals surface area contributed by atoms with Gasteiger partial charge in [0.25, 0.3) is 10.2 Å². The summed E-state index contributed by atoms with van der Waals surface area (Å²) in [5, 5.41) is 0. The van der Waals surface area contributed by atoms with E-state index in [-0.39, 0.29) is 25.7 Å². The minimum absolute atomic E-state index is 0.112. The molecule has 0 aromatic heterocycles. The topological polar surface area (TPSA) is 94.2 Å². The van der Waals surface area contributed by atoms with Gasteiger partial charge in [0, 0.05) is 19.6 Å². The number of methoxy groups -OCH3 is 1. The first-order valence-electron chi connectivity index (χ1n) is 8.65. The summed E-state index contributed by atoms with van der Waals surface area (Å²) >= 11 is 0. The number of nitrogens with zero attached hydrogens (tertiary/aromatic N) is 1. The second-order valence-electron chi connectivity index (χ2n) is 5.85. The van der Waals surface area contributed by atoms with Crippen molar-refractivity contribution in [3.05, 3.63) is 24.3 Å². The predicted octanol–water partition coefficient (Wildman–Crippen LogP) is 1.18. The van der Waals surface area contributed by atoms with Crippen LogP contribution in [0.15, 0.2) is 24.3 Å². The van der Waals surface area contributed by atoms with Crippen LogP contribution in [0.4, 0.5) is 0 Å². The van der Waals surface area contributed by atoms with Crippen molar-refractivity contribution in [3.63, 3.8) is 0 Å². The van der Waals surface area contributed by atoms with Crippen molar-refractivity contribution >= 4 is 16.2 Å². The molecule has 0 spiro atoms. The second-order valence-corrected chi connectivity index (χ2v) is 7.60. The first-order chi connectivity index (χ1) is 12.5. The zero-order chi connectivity index (χ0) is 19.0. The molecule has 8 nitrogen and oxygen atoms in total. The summed E-state index contributed by atoms with van der Waals surface area (Å²) in [6.07, 6.45) is 1.27. The molecule has 1 aromatic rings. The maximum Gasteiger partial charge on any atom is 0.310 e. The molecule has 1 aliphatic rings. The molecular formula is C17H26N2O6S. The fourth-order valence-electron chi connectivity index (χ4n) is 2.77. The minimum atomic E-state index is -3.67. The summed E-state index contributed by atoms with van der Waals surface area (Å²) in [6, 6.07) is 7.15. The number of esters is 1. The molecule has 146 valence electrons. The average molecular weight is 386 g/mol. The minimum Gasteiger partial charge on any atom is -0.493 e. The van der Waals surface area contributed by atoms with Gasteiger partial charge in [0.2, 0.25) is 0 Å². The van der Waals surface area contributed by atoms with Crippen molar-refractivity contribution < 1.29 is 27.4 Å². The largest absolute Gasteiger partial charge is 0.493 e. The van der Waals surface area contributed by atoms with Crippen LogP contribution in [0.5, 0.6) is 11.5 Å². The number of para-hydroxylation sites is 2. The van der Waals surface area contributed by atoms with Crippen LogP contribution in [0.1, 0.15) is 19.8 Å². The number of carbonyl (C=O) groups excluding carboxylic acids is 1. The van der Waals surface area contributed by atoms with Gasteiger partial charge in [0.1, 0.15) is 6.61 Å². The molecule has 1 aromatic carbocycles. The summed E-state index contributed by atoms with van der Waals surface area (Å²) in [7, 11) is -2.13. The lowest BCUT2D eigenvalue weighted by molar-refractivity contribution is -0.149. The van der Waals surface area contributed by atoms with Gasteiger partial charge < -0.3 is 14.2 Å². The monoisotopic (exact) mass is 386 g/mol. The van der Waals surface area contributed by atoms with Crippen LogP contribution in [0.3, 0.4) is 0 Å². The van der Waals surface area contributed by atoms with Crippen LogP contribution in [0, 0.1) is 5.92 Å². The van der Waals surface area contributed by atoms with Crippen molar-refractivity contribution in [3.8, 4) is 11.5 Å². The summed E-state index contributed by atoms with van der Waals surface area (Å²) in [4.78, 5) is 11.9. The van der Waals surface area contributed by atoms with E-state index in [1.54, 1.807) is 26.2 Å². The first kappa shape index (κ1) is 20.5. The summed E-state index contributed by atoms with van der Waals surface area (Å²) in [6.45, 7) is 2.83. The third-order valence-corrected chi connectivity index (χ3v) is 5.64. The van der Waals surface area contributed by atoms with Crippen molar-refractivity contribution in [2.24, 2.45) is 5.92 Å². The van der Waals surface area contributed by atoms with Crippen molar-refractivity contribution in [2.75, 3.05) is 40.0 Å². The van der Waals surface area contributed by atoms with Crippen LogP contribution in [-0.4, -0.2) is 58.7 Å². The van der Waals surface area contributed by atoms with Gasteiger partial charge >= 0.3 is 5.97 Å². The van der Waals surface area contributed by atoms with E-state index < -0.39 is 16.1 Å². The molecule has 9 heteroatoms. The summed E-state index contributed by atoms with van der Waals surface area (Å²) in [5.41, 5.74) is 0. The zero-order valence-electron chi connectivity index (χ0n) is 15.1. The van der Waals surface area contributed by atoms with Crippen molar-refractivity contribution in [1.29, 1.82) is 0 Å². The van der Waals surface area contributed by atoms with Crippen molar-refractivity contribution in [2.45, 2.75) is 19.8 Å². The number of carbonyl (C=O) groups is 1. The van der Waals surface area contributed by atoms with Gasteiger partial charge in [-0.05, 0) is 31.9 Å². The van der Waals surface area contributed by atoms with Gasteiger partial charge in [0.05, 0.1) is 19.6 Å². The smallest absolute Gasteiger partial charge is 0.310 e. The number of ether oxygens (including phenoxy) is 3. The van der Waals surface area contributed by atoms with Gasteiger partial charge in [-0.3, -0.25) is 4.79 Å². The Balaban J connectivity index is 1.83. The van der Waals surface area contributed by atoms with E-state index >= 15 is 0 Å². The lowest BCUT2D eigenvalue weighted by Crippen LogP contribution is -2.48. The van der Waals surface area contributed by atoms with Gasteiger partial charge in [-0.1, -0.05) is 12.1 Å². The van der Waals surface area contributed by atoms with E-state index in [0.717, 1.165) is 0 Å². The quantitative estimate of drug-likeness (QED) is 0.506. The van der Waals surface area contributed by atoms with Crippen LogP contribution in [-0.2, 0) is 19.7 Å². The molecular weight excluding hydrogens is 360 g/mol. The molecule has 1 aliphatic heterocycles. The maximum atomic E-state index is 12.4. The van der Waals surface area contributed by atoms with Crippen LogP contribution in [0.25, 0.3) is 0 Å². The molecule has 2 rings (SSSR count). The summed E-state index contributed by atoms with van der Waals surface area (Å²) in [5.74, 6) is 0.384.